The predicted octanol–water partition coefficient (Wildman–Crippen LogP) is 3.30. The molecule has 14 heavy (non-hydrogen) atoms. The maximum absolute atomic E-state index is 12.4. The highest BCUT2D eigenvalue weighted by molar-refractivity contribution is 7.98. The standard InChI is InChI=1S/C9H6F3NS/c1-14-8-3-2-6(5-13)4-7(8)9(10,11)12/h2-4H,1H3. The lowest BCUT2D eigenvalue weighted by molar-refractivity contribution is -0.139. The molecule has 0 saturated carbocycles. The number of halogens is 3. The summed E-state index contributed by atoms with van der Waals surface area (Å²) in [5, 5.41) is 8.47. The molecule has 0 unspecified atom stereocenters. The lowest BCUT2D eigenvalue weighted by atomic mass is 10.1. The van der Waals surface area contributed by atoms with Crippen LogP contribution in [0.5, 0.6) is 0 Å². The molecule has 74 valence electrons. The van der Waals surface area contributed by atoms with Gasteiger partial charge < -0.3 is 0 Å². The van der Waals surface area contributed by atoms with E-state index < -0.39 is 11.7 Å². The van der Waals surface area contributed by atoms with E-state index >= 15 is 0 Å². The maximum Gasteiger partial charge on any atom is 0.417 e. The summed E-state index contributed by atoms with van der Waals surface area (Å²) in [4.78, 5) is 0.136. The molecule has 0 heterocycles. The zero-order chi connectivity index (χ0) is 10.8. The third-order valence-corrected chi connectivity index (χ3v) is 2.43. The van der Waals surface area contributed by atoms with Gasteiger partial charge in [0.1, 0.15) is 0 Å². The fourth-order valence-electron chi connectivity index (χ4n) is 0.999. The van der Waals surface area contributed by atoms with E-state index in [1.54, 1.807) is 12.3 Å². The van der Waals surface area contributed by atoms with E-state index in [1.807, 2.05) is 0 Å². The van der Waals surface area contributed by atoms with E-state index in [1.165, 1.54) is 12.1 Å². The van der Waals surface area contributed by atoms with Crippen LogP contribution in [0.2, 0.25) is 0 Å². The summed E-state index contributed by atoms with van der Waals surface area (Å²) in [6, 6.07) is 5.24. The number of alkyl halides is 3. The SMILES string of the molecule is CSc1ccc(C#N)cc1C(F)(F)F. The highest BCUT2D eigenvalue weighted by atomic mass is 32.2. The van der Waals surface area contributed by atoms with Crippen molar-refractivity contribution in [3.8, 4) is 6.07 Å². The van der Waals surface area contributed by atoms with Crippen molar-refractivity contribution in [2.75, 3.05) is 6.26 Å². The van der Waals surface area contributed by atoms with Gasteiger partial charge in [-0.3, -0.25) is 0 Å². The average Bonchev–Trinajstić information content (AvgIpc) is 2.15. The van der Waals surface area contributed by atoms with Crippen molar-refractivity contribution in [3.05, 3.63) is 29.3 Å². The molecule has 0 radical (unpaired) electrons. The minimum atomic E-state index is -4.40. The first kappa shape index (κ1) is 10.9. The van der Waals surface area contributed by atoms with Gasteiger partial charge in [-0.2, -0.15) is 18.4 Å². The second kappa shape index (κ2) is 3.93. The number of hydrogen-bond acceptors (Lipinski definition) is 2. The molecule has 1 aromatic rings. The van der Waals surface area contributed by atoms with E-state index in [9.17, 15) is 13.2 Å². The highest BCUT2D eigenvalue weighted by Gasteiger charge is 2.33. The quantitative estimate of drug-likeness (QED) is 0.674. The van der Waals surface area contributed by atoms with Crippen molar-refractivity contribution in [2.24, 2.45) is 0 Å². The molecule has 5 heteroatoms. The van der Waals surface area contributed by atoms with Crippen LogP contribution < -0.4 is 0 Å². The number of thioether (sulfide) groups is 1. The molecule has 1 nitrogen and oxygen atoms in total. The van der Waals surface area contributed by atoms with Crippen molar-refractivity contribution < 1.29 is 13.2 Å². The second-order valence-corrected chi connectivity index (χ2v) is 3.37. The zero-order valence-electron chi connectivity index (χ0n) is 7.22. The number of rotatable bonds is 1. The van der Waals surface area contributed by atoms with Gasteiger partial charge in [0.2, 0.25) is 0 Å². The fraction of sp³-hybridized carbons (Fsp3) is 0.222. The Balaban J connectivity index is 3.31. The molecule has 0 saturated heterocycles. The minimum Gasteiger partial charge on any atom is -0.192 e. The Labute approximate surface area is 83.5 Å². The van der Waals surface area contributed by atoms with Crippen LogP contribution >= 0.6 is 11.8 Å². The fourth-order valence-corrected chi connectivity index (χ4v) is 1.60. The summed E-state index contributed by atoms with van der Waals surface area (Å²) < 4.78 is 37.3. The first-order chi connectivity index (χ1) is 6.49. The molecule has 0 aliphatic carbocycles. The van der Waals surface area contributed by atoms with Crippen molar-refractivity contribution in [3.63, 3.8) is 0 Å². The Morgan fingerprint density at radius 2 is 2.00 bits per heavy atom. The van der Waals surface area contributed by atoms with Gasteiger partial charge in [-0.1, -0.05) is 0 Å². The van der Waals surface area contributed by atoms with E-state index in [0.29, 0.717) is 0 Å². The maximum atomic E-state index is 12.4. The molecule has 0 spiro atoms. The molecule has 0 aliphatic rings. The van der Waals surface area contributed by atoms with Crippen molar-refractivity contribution >= 4 is 11.8 Å². The molecule has 0 amide bonds. The molecule has 0 N–H and O–H groups in total. The van der Waals surface area contributed by atoms with Crippen LogP contribution in [-0.4, -0.2) is 6.26 Å². The first-order valence-corrected chi connectivity index (χ1v) is 4.87. The van der Waals surface area contributed by atoms with Crippen LogP contribution in [0, 0.1) is 11.3 Å². The Bertz CT molecular complexity index is 379. The predicted molar refractivity (Wildman–Crippen MR) is 47.9 cm³/mol. The number of nitriles is 1. The van der Waals surface area contributed by atoms with Crippen molar-refractivity contribution in [2.45, 2.75) is 11.1 Å². The molecule has 0 bridgehead atoms. The molecule has 1 rings (SSSR count). The average molecular weight is 217 g/mol. The molecule has 0 atom stereocenters. The smallest absolute Gasteiger partial charge is 0.192 e. The summed E-state index contributed by atoms with van der Waals surface area (Å²) >= 11 is 1.01. The topological polar surface area (TPSA) is 23.8 Å². The van der Waals surface area contributed by atoms with Crippen LogP contribution in [-0.2, 0) is 6.18 Å². The first-order valence-electron chi connectivity index (χ1n) is 3.64. The normalized spacial score (nSPS) is 11.1. The molecule has 0 aromatic heterocycles. The Morgan fingerprint density at radius 3 is 2.43 bits per heavy atom. The number of hydrogen-bond donors (Lipinski definition) is 0. The Hall–Kier alpha value is -1.15. The molecular weight excluding hydrogens is 211 g/mol. The summed E-state index contributed by atoms with van der Waals surface area (Å²) in [5.41, 5.74) is -0.723. The number of benzene rings is 1. The largest absolute Gasteiger partial charge is 0.417 e. The van der Waals surface area contributed by atoms with E-state index in [-0.39, 0.29) is 10.5 Å². The third kappa shape index (κ3) is 2.20. The van der Waals surface area contributed by atoms with Gasteiger partial charge in [0.25, 0.3) is 0 Å². The second-order valence-electron chi connectivity index (χ2n) is 2.52. The van der Waals surface area contributed by atoms with Crippen molar-refractivity contribution in [1.82, 2.24) is 0 Å². The minimum absolute atomic E-state index is 0.0233. The van der Waals surface area contributed by atoms with E-state index in [4.69, 9.17) is 5.26 Å². The van der Waals surface area contributed by atoms with Crippen molar-refractivity contribution in [1.29, 1.82) is 5.26 Å². The summed E-state index contributed by atoms with van der Waals surface area (Å²) in [6.07, 6.45) is -2.83. The highest BCUT2D eigenvalue weighted by Crippen LogP contribution is 2.36. The van der Waals surface area contributed by atoms with Crippen LogP contribution in [0.1, 0.15) is 11.1 Å². The Morgan fingerprint density at radius 1 is 1.36 bits per heavy atom. The van der Waals surface area contributed by atoms with Gasteiger partial charge in [0, 0.05) is 4.90 Å². The summed E-state index contributed by atoms with van der Waals surface area (Å²) in [6.45, 7) is 0. The third-order valence-electron chi connectivity index (χ3n) is 1.63. The van der Waals surface area contributed by atoms with Crippen LogP contribution in [0.3, 0.4) is 0 Å². The number of nitrogens with zero attached hydrogens (tertiary/aromatic N) is 1. The Kier molecular flexibility index (Phi) is 3.06. The monoisotopic (exact) mass is 217 g/mol. The van der Waals surface area contributed by atoms with Gasteiger partial charge in [-0.15, -0.1) is 11.8 Å². The van der Waals surface area contributed by atoms with Gasteiger partial charge in [0.15, 0.2) is 0 Å². The van der Waals surface area contributed by atoms with E-state index in [0.717, 1.165) is 17.8 Å². The van der Waals surface area contributed by atoms with E-state index in [2.05, 4.69) is 0 Å². The van der Waals surface area contributed by atoms with Gasteiger partial charge in [0.05, 0.1) is 17.2 Å². The van der Waals surface area contributed by atoms with Crippen LogP contribution in [0.4, 0.5) is 13.2 Å². The lowest BCUT2D eigenvalue weighted by Gasteiger charge is -2.10. The zero-order valence-corrected chi connectivity index (χ0v) is 8.04. The van der Waals surface area contributed by atoms with Crippen LogP contribution in [0.25, 0.3) is 0 Å². The van der Waals surface area contributed by atoms with Gasteiger partial charge in [-0.25, -0.2) is 0 Å². The molecule has 0 aliphatic heterocycles. The van der Waals surface area contributed by atoms with Crippen LogP contribution in [0.15, 0.2) is 23.1 Å². The van der Waals surface area contributed by atoms with Gasteiger partial charge >= 0.3 is 6.18 Å². The summed E-state index contributed by atoms with van der Waals surface area (Å²) in [7, 11) is 0. The summed E-state index contributed by atoms with van der Waals surface area (Å²) in [5.74, 6) is 0. The van der Waals surface area contributed by atoms with Gasteiger partial charge in [-0.05, 0) is 24.5 Å². The lowest BCUT2D eigenvalue weighted by Crippen LogP contribution is -2.07. The molecule has 0 fully saturated rings. The molecule has 1 aromatic carbocycles. The molecular formula is C9H6F3NS.